The van der Waals surface area contributed by atoms with Crippen LogP contribution in [0.25, 0.3) is 5.95 Å². The minimum atomic E-state index is 0.302. The number of ether oxygens (including phenoxy) is 1. The molecule has 2 aromatic heterocycles. The molecule has 0 aliphatic rings. The van der Waals surface area contributed by atoms with E-state index in [0.29, 0.717) is 24.5 Å². The van der Waals surface area contributed by atoms with E-state index < -0.39 is 0 Å². The Bertz CT molecular complexity index is 484. The fraction of sp³-hybridized carbons (Fsp3) is 0.455. The molecular weight excluding hydrogens is 232 g/mol. The molecule has 0 saturated heterocycles. The SMILES string of the molecule is CCCNc1nc(OCC)nc(-n2cccn2)n1. The molecule has 0 fully saturated rings. The monoisotopic (exact) mass is 248 g/mol. The largest absolute Gasteiger partial charge is 0.464 e. The second-order valence-corrected chi connectivity index (χ2v) is 3.55. The molecule has 0 atom stereocenters. The van der Waals surface area contributed by atoms with Gasteiger partial charge in [-0.25, -0.2) is 4.68 Å². The number of anilines is 1. The lowest BCUT2D eigenvalue weighted by Gasteiger charge is -2.07. The maximum Gasteiger partial charge on any atom is 0.323 e. The van der Waals surface area contributed by atoms with Gasteiger partial charge in [-0.2, -0.15) is 20.1 Å². The second-order valence-electron chi connectivity index (χ2n) is 3.55. The minimum Gasteiger partial charge on any atom is -0.464 e. The van der Waals surface area contributed by atoms with Gasteiger partial charge in [0.2, 0.25) is 5.95 Å². The summed E-state index contributed by atoms with van der Waals surface area (Å²) in [4.78, 5) is 12.6. The Morgan fingerprint density at radius 3 is 2.83 bits per heavy atom. The number of hydrogen-bond donors (Lipinski definition) is 1. The Kier molecular flexibility index (Phi) is 4.06. The number of hydrogen-bond acceptors (Lipinski definition) is 6. The smallest absolute Gasteiger partial charge is 0.323 e. The van der Waals surface area contributed by atoms with Gasteiger partial charge < -0.3 is 10.1 Å². The van der Waals surface area contributed by atoms with E-state index in [-0.39, 0.29) is 0 Å². The molecule has 7 heteroatoms. The predicted molar refractivity (Wildman–Crippen MR) is 66.9 cm³/mol. The highest BCUT2D eigenvalue weighted by molar-refractivity contribution is 5.29. The summed E-state index contributed by atoms with van der Waals surface area (Å²) in [5, 5.41) is 7.20. The highest BCUT2D eigenvalue weighted by atomic mass is 16.5. The van der Waals surface area contributed by atoms with E-state index in [1.807, 2.05) is 13.0 Å². The van der Waals surface area contributed by atoms with E-state index in [1.165, 1.54) is 0 Å². The van der Waals surface area contributed by atoms with E-state index in [1.54, 1.807) is 17.1 Å². The van der Waals surface area contributed by atoms with Gasteiger partial charge in [0.15, 0.2) is 0 Å². The van der Waals surface area contributed by atoms with Crippen LogP contribution < -0.4 is 10.1 Å². The lowest BCUT2D eigenvalue weighted by molar-refractivity contribution is 0.311. The molecule has 0 saturated carbocycles. The van der Waals surface area contributed by atoms with Crippen molar-refractivity contribution in [1.82, 2.24) is 24.7 Å². The van der Waals surface area contributed by atoms with Crippen LogP contribution in [0.3, 0.4) is 0 Å². The molecule has 2 heterocycles. The molecule has 0 amide bonds. The first-order chi connectivity index (χ1) is 8.83. The molecule has 18 heavy (non-hydrogen) atoms. The number of rotatable bonds is 6. The molecule has 0 unspecified atom stereocenters. The summed E-state index contributed by atoms with van der Waals surface area (Å²) in [5.41, 5.74) is 0. The summed E-state index contributed by atoms with van der Waals surface area (Å²) >= 11 is 0. The Hall–Kier alpha value is -2.18. The van der Waals surface area contributed by atoms with Crippen LogP contribution in [-0.4, -0.2) is 37.9 Å². The van der Waals surface area contributed by atoms with E-state index in [0.717, 1.165) is 13.0 Å². The van der Waals surface area contributed by atoms with Gasteiger partial charge in [-0.15, -0.1) is 0 Å². The molecule has 7 nitrogen and oxygen atoms in total. The van der Waals surface area contributed by atoms with Crippen molar-refractivity contribution in [3.8, 4) is 12.0 Å². The molecule has 2 aromatic rings. The normalized spacial score (nSPS) is 10.3. The average Bonchev–Trinajstić information content (AvgIpc) is 2.90. The van der Waals surface area contributed by atoms with Gasteiger partial charge in [0, 0.05) is 18.9 Å². The standard InChI is InChI=1S/C11H16N6O/c1-3-6-12-9-14-10(17-8-5-7-13-17)16-11(15-9)18-4-2/h5,7-8H,3-4,6H2,1-2H3,(H,12,14,15,16). The summed E-state index contributed by atoms with van der Waals surface area (Å²) in [6.45, 7) is 5.27. The molecule has 0 aromatic carbocycles. The van der Waals surface area contributed by atoms with Crippen LogP contribution in [0.15, 0.2) is 18.5 Å². The summed E-state index contributed by atoms with van der Waals surface area (Å²) in [6.07, 6.45) is 4.44. The van der Waals surface area contributed by atoms with Crippen LogP contribution in [0.4, 0.5) is 5.95 Å². The zero-order valence-electron chi connectivity index (χ0n) is 10.5. The lowest BCUT2D eigenvalue weighted by atomic mass is 10.5. The molecule has 0 spiro atoms. The molecule has 2 rings (SSSR count). The van der Waals surface area contributed by atoms with E-state index in [2.05, 4.69) is 32.3 Å². The zero-order chi connectivity index (χ0) is 12.8. The van der Waals surface area contributed by atoms with Crippen molar-refractivity contribution in [2.24, 2.45) is 0 Å². The van der Waals surface area contributed by atoms with Gasteiger partial charge in [-0.1, -0.05) is 6.92 Å². The van der Waals surface area contributed by atoms with Gasteiger partial charge >= 0.3 is 6.01 Å². The quantitative estimate of drug-likeness (QED) is 0.829. The fourth-order valence-electron chi connectivity index (χ4n) is 1.34. The van der Waals surface area contributed by atoms with Crippen molar-refractivity contribution in [2.45, 2.75) is 20.3 Å². The first-order valence-electron chi connectivity index (χ1n) is 5.96. The molecule has 0 aliphatic carbocycles. The van der Waals surface area contributed by atoms with Crippen molar-refractivity contribution >= 4 is 5.95 Å². The third kappa shape index (κ3) is 2.93. The maximum atomic E-state index is 5.32. The summed E-state index contributed by atoms with van der Waals surface area (Å²) in [5.74, 6) is 0.942. The van der Waals surface area contributed by atoms with Crippen molar-refractivity contribution < 1.29 is 4.74 Å². The average molecular weight is 248 g/mol. The summed E-state index contributed by atoms with van der Waals surface area (Å²) < 4.78 is 6.89. The van der Waals surface area contributed by atoms with Gasteiger partial charge in [-0.3, -0.25) is 0 Å². The van der Waals surface area contributed by atoms with Gasteiger partial charge in [0.1, 0.15) is 0 Å². The highest BCUT2D eigenvalue weighted by Gasteiger charge is 2.08. The molecule has 0 radical (unpaired) electrons. The van der Waals surface area contributed by atoms with Crippen molar-refractivity contribution in [3.63, 3.8) is 0 Å². The molecule has 0 aliphatic heterocycles. The summed E-state index contributed by atoms with van der Waals surface area (Å²) in [7, 11) is 0. The summed E-state index contributed by atoms with van der Waals surface area (Å²) in [6, 6.07) is 2.11. The Balaban J connectivity index is 2.30. The zero-order valence-corrected chi connectivity index (χ0v) is 10.5. The van der Waals surface area contributed by atoms with E-state index in [9.17, 15) is 0 Å². The molecule has 1 N–H and O–H groups in total. The van der Waals surface area contributed by atoms with E-state index >= 15 is 0 Å². The topological polar surface area (TPSA) is 77.8 Å². The second kappa shape index (κ2) is 5.95. The third-order valence-electron chi connectivity index (χ3n) is 2.12. The van der Waals surface area contributed by atoms with E-state index in [4.69, 9.17) is 4.74 Å². The first-order valence-corrected chi connectivity index (χ1v) is 5.96. The van der Waals surface area contributed by atoms with Gasteiger partial charge in [0.05, 0.1) is 6.61 Å². The van der Waals surface area contributed by atoms with Gasteiger partial charge in [-0.05, 0) is 19.4 Å². The Morgan fingerprint density at radius 1 is 1.28 bits per heavy atom. The van der Waals surface area contributed by atoms with Crippen molar-refractivity contribution in [3.05, 3.63) is 18.5 Å². The third-order valence-corrected chi connectivity index (χ3v) is 2.12. The lowest BCUT2D eigenvalue weighted by Crippen LogP contribution is -2.11. The molecule has 0 bridgehead atoms. The van der Waals surface area contributed by atoms with Crippen LogP contribution in [0, 0.1) is 0 Å². The van der Waals surface area contributed by atoms with Crippen LogP contribution in [0.1, 0.15) is 20.3 Å². The van der Waals surface area contributed by atoms with Crippen LogP contribution >= 0.6 is 0 Å². The minimum absolute atomic E-state index is 0.302. The molecule has 96 valence electrons. The maximum absolute atomic E-state index is 5.32. The highest BCUT2D eigenvalue weighted by Crippen LogP contribution is 2.10. The number of nitrogens with one attached hydrogen (secondary N) is 1. The molecular formula is C11H16N6O. The first kappa shape index (κ1) is 12.3. The number of aromatic nitrogens is 5. The fourth-order valence-corrected chi connectivity index (χ4v) is 1.34. The van der Waals surface area contributed by atoms with Crippen LogP contribution in [0.2, 0.25) is 0 Å². The number of nitrogens with zero attached hydrogens (tertiary/aromatic N) is 5. The van der Waals surface area contributed by atoms with Gasteiger partial charge in [0.25, 0.3) is 5.95 Å². The van der Waals surface area contributed by atoms with Crippen LogP contribution in [-0.2, 0) is 0 Å². The predicted octanol–water partition coefficient (Wildman–Crippen LogP) is 1.28. The van der Waals surface area contributed by atoms with Crippen LogP contribution in [0.5, 0.6) is 6.01 Å². The van der Waals surface area contributed by atoms with Crippen molar-refractivity contribution in [2.75, 3.05) is 18.5 Å². The Morgan fingerprint density at radius 2 is 2.17 bits per heavy atom. The van der Waals surface area contributed by atoms with Crippen molar-refractivity contribution in [1.29, 1.82) is 0 Å². The Labute approximate surface area is 105 Å².